The molecule has 0 unspecified atom stereocenters. The molecule has 15 heavy (non-hydrogen) atoms. The van der Waals surface area contributed by atoms with Gasteiger partial charge in [0.15, 0.2) is 0 Å². The van der Waals surface area contributed by atoms with E-state index in [4.69, 9.17) is 11.0 Å². The van der Waals surface area contributed by atoms with Crippen LogP contribution in [-0.4, -0.2) is 32.7 Å². The highest BCUT2D eigenvalue weighted by molar-refractivity contribution is 5.37. The Morgan fingerprint density at radius 3 is 1.93 bits per heavy atom. The van der Waals surface area contributed by atoms with Crippen LogP contribution in [0.15, 0.2) is 0 Å². The maximum atomic E-state index is 9.92. The number of hydrogen-bond acceptors (Lipinski definition) is 6. The van der Waals surface area contributed by atoms with Crippen molar-refractivity contribution in [2.75, 3.05) is 19.8 Å². The first kappa shape index (κ1) is 13.4. The highest BCUT2D eigenvalue weighted by atomic mass is 16.5. The molecule has 84 valence electrons. The molecule has 0 aliphatic carbocycles. The van der Waals surface area contributed by atoms with Crippen LogP contribution in [0.1, 0.15) is 12.8 Å². The lowest BCUT2D eigenvalue weighted by atomic mass is 9.83. The van der Waals surface area contributed by atoms with Gasteiger partial charge in [-0.05, 0) is 0 Å². The van der Waals surface area contributed by atoms with E-state index in [1.54, 1.807) is 0 Å². The predicted octanol–water partition coefficient (Wildman–Crippen LogP) is -0.419. The summed E-state index contributed by atoms with van der Waals surface area (Å²) in [6, 6.07) is 2.07. The van der Waals surface area contributed by atoms with Crippen molar-refractivity contribution in [2.45, 2.75) is 12.8 Å². The van der Waals surface area contributed by atoms with Gasteiger partial charge >= 0.3 is 0 Å². The van der Waals surface area contributed by atoms with Crippen LogP contribution >= 0.6 is 0 Å². The Balaban J connectivity index is 4.11. The van der Waals surface area contributed by atoms with E-state index in [1.807, 2.05) is 0 Å². The molecule has 0 aromatic heterocycles. The average molecular weight is 214 g/mol. The van der Waals surface area contributed by atoms with E-state index in [9.17, 15) is 9.59 Å². The molecule has 0 saturated carbocycles. The average Bonchev–Trinajstić information content (AvgIpc) is 2.28. The first-order chi connectivity index (χ1) is 7.24. The van der Waals surface area contributed by atoms with E-state index in [-0.39, 0.29) is 19.8 Å². The van der Waals surface area contributed by atoms with Gasteiger partial charge in [0.05, 0.1) is 24.7 Å². The van der Waals surface area contributed by atoms with Crippen molar-refractivity contribution < 1.29 is 19.1 Å². The van der Waals surface area contributed by atoms with Gasteiger partial charge in [0.2, 0.25) is 0 Å². The fraction of sp³-hybridized carbons (Fsp3) is 0.667. The summed E-state index contributed by atoms with van der Waals surface area (Å²) in [6.45, 7) is 1.04. The van der Waals surface area contributed by atoms with Crippen molar-refractivity contribution in [2.24, 2.45) is 11.1 Å². The number of nitrogens with zero attached hydrogens (tertiary/aromatic N) is 1. The van der Waals surface area contributed by atoms with Gasteiger partial charge in [0.25, 0.3) is 12.9 Å². The van der Waals surface area contributed by atoms with Crippen molar-refractivity contribution in [3.8, 4) is 6.07 Å². The summed E-state index contributed by atoms with van der Waals surface area (Å²) in [5, 5.41) is 8.96. The molecule has 0 aromatic carbocycles. The van der Waals surface area contributed by atoms with Crippen LogP contribution in [0.3, 0.4) is 0 Å². The number of carbonyl (C=O) groups excluding carboxylic acids is 2. The molecule has 6 heteroatoms. The van der Waals surface area contributed by atoms with Crippen LogP contribution in [0.2, 0.25) is 0 Å². The molecule has 2 N–H and O–H groups in total. The molecule has 0 spiro atoms. The highest BCUT2D eigenvalue weighted by Crippen LogP contribution is 2.24. The summed E-state index contributed by atoms with van der Waals surface area (Å²) in [4.78, 5) is 19.8. The van der Waals surface area contributed by atoms with Gasteiger partial charge in [-0.2, -0.15) is 5.26 Å². The van der Waals surface area contributed by atoms with Crippen LogP contribution in [0.25, 0.3) is 0 Å². The zero-order valence-corrected chi connectivity index (χ0v) is 8.35. The molecule has 0 atom stereocenters. The summed E-state index contributed by atoms with van der Waals surface area (Å²) < 4.78 is 9.00. The minimum absolute atomic E-state index is 0.133. The van der Waals surface area contributed by atoms with E-state index in [0.717, 1.165) is 0 Å². The zero-order chi connectivity index (χ0) is 11.6. The Labute approximate surface area is 87.9 Å². The molecular weight excluding hydrogens is 200 g/mol. The molecule has 0 radical (unpaired) electrons. The Bertz CT molecular complexity index is 223. The third-order valence-electron chi connectivity index (χ3n) is 2.16. The van der Waals surface area contributed by atoms with Crippen LogP contribution in [0.4, 0.5) is 0 Å². The van der Waals surface area contributed by atoms with Gasteiger partial charge in [-0.1, -0.05) is 0 Å². The number of ether oxygens (including phenoxy) is 2. The van der Waals surface area contributed by atoms with Crippen LogP contribution in [0, 0.1) is 16.7 Å². The predicted molar refractivity (Wildman–Crippen MR) is 50.4 cm³/mol. The maximum absolute atomic E-state index is 9.92. The minimum atomic E-state index is -0.800. The smallest absolute Gasteiger partial charge is 0.293 e. The lowest BCUT2D eigenvalue weighted by molar-refractivity contribution is -0.129. The van der Waals surface area contributed by atoms with E-state index >= 15 is 0 Å². The van der Waals surface area contributed by atoms with Crippen molar-refractivity contribution >= 4 is 12.9 Å². The molecule has 0 amide bonds. The van der Waals surface area contributed by atoms with Gasteiger partial charge in [-0.3, -0.25) is 9.59 Å². The minimum Gasteiger partial charge on any atom is -0.468 e. The molecule has 0 aliphatic rings. The van der Waals surface area contributed by atoms with E-state index in [2.05, 4.69) is 15.5 Å². The summed E-state index contributed by atoms with van der Waals surface area (Å²) in [5.41, 5.74) is 4.67. The topological polar surface area (TPSA) is 102 Å². The van der Waals surface area contributed by atoms with Crippen molar-refractivity contribution in [3.63, 3.8) is 0 Å². The summed E-state index contributed by atoms with van der Waals surface area (Å²) >= 11 is 0. The Kier molecular flexibility index (Phi) is 6.93. The monoisotopic (exact) mass is 214 g/mol. The van der Waals surface area contributed by atoms with Crippen molar-refractivity contribution in [1.82, 2.24) is 0 Å². The maximum Gasteiger partial charge on any atom is 0.293 e. The molecule has 0 aliphatic heterocycles. The first-order valence-electron chi connectivity index (χ1n) is 4.46. The van der Waals surface area contributed by atoms with Crippen LogP contribution < -0.4 is 5.73 Å². The lowest BCUT2D eigenvalue weighted by Gasteiger charge is -2.23. The number of hydrogen-bond donors (Lipinski definition) is 1. The van der Waals surface area contributed by atoms with Gasteiger partial charge in [0, 0.05) is 19.4 Å². The van der Waals surface area contributed by atoms with Crippen molar-refractivity contribution in [1.29, 1.82) is 5.26 Å². The fourth-order valence-corrected chi connectivity index (χ4v) is 1.09. The third kappa shape index (κ3) is 4.98. The highest BCUT2D eigenvalue weighted by Gasteiger charge is 2.28. The molecule has 0 saturated heterocycles. The second kappa shape index (κ2) is 7.76. The first-order valence-corrected chi connectivity index (χ1v) is 4.46. The molecule has 0 aromatic rings. The summed E-state index contributed by atoms with van der Waals surface area (Å²) in [5.74, 6) is 0. The van der Waals surface area contributed by atoms with Gasteiger partial charge < -0.3 is 15.2 Å². The molecular formula is C9H14N2O4. The second-order valence-electron chi connectivity index (χ2n) is 3.03. The number of nitrogens with two attached hydrogens (primary N) is 1. The Morgan fingerprint density at radius 1 is 1.20 bits per heavy atom. The van der Waals surface area contributed by atoms with Gasteiger partial charge in [-0.25, -0.2) is 0 Å². The van der Waals surface area contributed by atoms with Crippen molar-refractivity contribution in [3.05, 3.63) is 0 Å². The molecule has 0 fully saturated rings. The zero-order valence-electron chi connectivity index (χ0n) is 8.35. The quantitative estimate of drug-likeness (QED) is 0.413. The third-order valence-corrected chi connectivity index (χ3v) is 2.16. The van der Waals surface area contributed by atoms with Crippen LogP contribution in [0.5, 0.6) is 0 Å². The molecule has 6 nitrogen and oxygen atoms in total. The SMILES string of the molecule is N#CC(CN)(CCOC=O)CCOC=O. The summed E-state index contributed by atoms with van der Waals surface area (Å²) in [6.07, 6.45) is 0.669. The normalized spacial score (nSPS) is 10.1. The molecule has 0 heterocycles. The molecule has 0 rings (SSSR count). The van der Waals surface area contributed by atoms with Crippen LogP contribution in [-0.2, 0) is 19.1 Å². The Morgan fingerprint density at radius 2 is 1.67 bits per heavy atom. The Hall–Kier alpha value is -1.61. The number of nitriles is 1. The van der Waals surface area contributed by atoms with E-state index in [0.29, 0.717) is 25.8 Å². The number of rotatable bonds is 9. The van der Waals surface area contributed by atoms with E-state index in [1.165, 1.54) is 0 Å². The van der Waals surface area contributed by atoms with E-state index < -0.39 is 5.41 Å². The lowest BCUT2D eigenvalue weighted by Crippen LogP contribution is -2.31. The van der Waals surface area contributed by atoms with Gasteiger partial charge in [0.1, 0.15) is 0 Å². The second-order valence-corrected chi connectivity index (χ2v) is 3.03. The number of carbonyl (C=O) groups is 2. The largest absolute Gasteiger partial charge is 0.468 e. The standard InChI is InChI=1S/C9H14N2O4/c10-5-9(6-11,1-3-14-7-12)2-4-15-8-13/h7-8H,1-5,10H2. The molecule has 0 bridgehead atoms. The summed E-state index contributed by atoms with van der Waals surface area (Å²) in [7, 11) is 0. The van der Waals surface area contributed by atoms with Gasteiger partial charge in [-0.15, -0.1) is 0 Å². The fourth-order valence-electron chi connectivity index (χ4n) is 1.09.